The molecule has 1 unspecified atom stereocenters. The molecule has 1 amide bonds. The van der Waals surface area contributed by atoms with Crippen LogP contribution in [0.1, 0.15) is 50.0 Å². The Balaban J connectivity index is 2.71. The first-order chi connectivity index (χ1) is 8.70. The van der Waals surface area contributed by atoms with Crippen molar-refractivity contribution in [3.05, 3.63) is 35.4 Å². The number of aliphatic carboxylic acids is 1. The minimum atomic E-state index is -0.920. The van der Waals surface area contributed by atoms with Crippen molar-refractivity contribution in [2.24, 2.45) is 0 Å². The molecule has 0 aliphatic heterocycles. The molecule has 4 heteroatoms. The molecule has 1 aromatic carbocycles. The van der Waals surface area contributed by atoms with Gasteiger partial charge in [0.1, 0.15) is 0 Å². The first-order valence-corrected chi connectivity index (χ1v) is 6.33. The van der Waals surface area contributed by atoms with Crippen molar-refractivity contribution in [1.82, 2.24) is 5.32 Å². The Kier molecular flexibility index (Phi) is 4.70. The third-order valence-corrected chi connectivity index (χ3v) is 2.87. The fourth-order valence-electron chi connectivity index (χ4n) is 1.74. The molecule has 0 saturated heterocycles. The maximum atomic E-state index is 11.9. The number of carbonyl (C=O) groups excluding carboxylic acids is 1. The fraction of sp³-hybridized carbons (Fsp3) is 0.467. The summed E-state index contributed by atoms with van der Waals surface area (Å²) in [7, 11) is 0. The Morgan fingerprint density at radius 3 is 2.16 bits per heavy atom. The van der Waals surface area contributed by atoms with Gasteiger partial charge in [0.05, 0.1) is 6.42 Å². The van der Waals surface area contributed by atoms with E-state index in [1.54, 1.807) is 19.1 Å². The molecule has 0 spiro atoms. The number of amides is 1. The van der Waals surface area contributed by atoms with E-state index in [0.29, 0.717) is 5.56 Å². The largest absolute Gasteiger partial charge is 0.481 e. The van der Waals surface area contributed by atoms with E-state index in [-0.39, 0.29) is 23.8 Å². The molecule has 0 bridgehead atoms. The number of rotatable bonds is 4. The molecule has 0 aromatic heterocycles. The molecule has 1 rings (SSSR count). The summed E-state index contributed by atoms with van der Waals surface area (Å²) in [4.78, 5) is 22.4. The van der Waals surface area contributed by atoms with Gasteiger partial charge in [0.15, 0.2) is 0 Å². The van der Waals surface area contributed by atoms with Gasteiger partial charge in [0, 0.05) is 11.6 Å². The van der Waals surface area contributed by atoms with Gasteiger partial charge >= 0.3 is 5.97 Å². The van der Waals surface area contributed by atoms with E-state index in [2.05, 4.69) is 26.1 Å². The highest BCUT2D eigenvalue weighted by Crippen LogP contribution is 2.22. The average molecular weight is 263 g/mol. The molecule has 1 atom stereocenters. The van der Waals surface area contributed by atoms with Crippen LogP contribution in [0.25, 0.3) is 0 Å². The van der Waals surface area contributed by atoms with Crippen molar-refractivity contribution in [1.29, 1.82) is 0 Å². The van der Waals surface area contributed by atoms with Crippen LogP contribution in [0.4, 0.5) is 0 Å². The smallest absolute Gasteiger partial charge is 0.305 e. The zero-order valence-electron chi connectivity index (χ0n) is 11.9. The minimum Gasteiger partial charge on any atom is -0.481 e. The minimum absolute atomic E-state index is 0.0472. The molecule has 0 aliphatic rings. The van der Waals surface area contributed by atoms with Crippen molar-refractivity contribution in [2.45, 2.75) is 45.6 Å². The van der Waals surface area contributed by atoms with Crippen LogP contribution in [-0.2, 0) is 10.2 Å². The summed E-state index contributed by atoms with van der Waals surface area (Å²) in [6.45, 7) is 8.00. The summed E-state index contributed by atoms with van der Waals surface area (Å²) in [6.07, 6.45) is -0.0776. The van der Waals surface area contributed by atoms with E-state index in [1.165, 1.54) is 0 Å². The summed E-state index contributed by atoms with van der Waals surface area (Å²) in [5.74, 6) is -1.16. The van der Waals surface area contributed by atoms with Gasteiger partial charge in [-0.05, 0) is 30.0 Å². The van der Waals surface area contributed by atoms with Crippen molar-refractivity contribution in [3.8, 4) is 0 Å². The average Bonchev–Trinajstić information content (AvgIpc) is 2.26. The molecule has 1 aromatic rings. The molecule has 0 fully saturated rings. The topological polar surface area (TPSA) is 66.4 Å². The van der Waals surface area contributed by atoms with Crippen molar-refractivity contribution >= 4 is 11.9 Å². The van der Waals surface area contributed by atoms with Crippen LogP contribution >= 0.6 is 0 Å². The molecule has 19 heavy (non-hydrogen) atoms. The van der Waals surface area contributed by atoms with E-state index in [9.17, 15) is 9.59 Å². The monoisotopic (exact) mass is 263 g/mol. The van der Waals surface area contributed by atoms with E-state index < -0.39 is 5.97 Å². The van der Waals surface area contributed by atoms with Gasteiger partial charge in [-0.2, -0.15) is 0 Å². The van der Waals surface area contributed by atoms with Crippen molar-refractivity contribution in [2.75, 3.05) is 0 Å². The number of benzene rings is 1. The zero-order chi connectivity index (χ0) is 14.6. The number of hydrogen-bond acceptors (Lipinski definition) is 2. The summed E-state index contributed by atoms with van der Waals surface area (Å²) >= 11 is 0. The summed E-state index contributed by atoms with van der Waals surface area (Å²) < 4.78 is 0. The highest BCUT2D eigenvalue weighted by molar-refractivity contribution is 5.94. The van der Waals surface area contributed by atoms with Crippen LogP contribution in [0.15, 0.2) is 24.3 Å². The summed E-state index contributed by atoms with van der Waals surface area (Å²) in [5.41, 5.74) is 1.75. The maximum Gasteiger partial charge on any atom is 0.305 e. The van der Waals surface area contributed by atoms with Crippen LogP contribution in [0.2, 0.25) is 0 Å². The normalized spacial score (nSPS) is 12.8. The van der Waals surface area contributed by atoms with E-state index in [4.69, 9.17) is 5.11 Å². The lowest BCUT2D eigenvalue weighted by Gasteiger charge is -2.19. The van der Waals surface area contributed by atoms with E-state index in [1.807, 2.05) is 12.1 Å². The Bertz CT molecular complexity index is 457. The molecular weight excluding hydrogens is 242 g/mol. The Morgan fingerprint density at radius 1 is 1.21 bits per heavy atom. The summed E-state index contributed by atoms with van der Waals surface area (Å²) in [5, 5.41) is 11.3. The summed E-state index contributed by atoms with van der Waals surface area (Å²) in [6, 6.07) is 7.01. The molecule has 0 saturated carbocycles. The van der Waals surface area contributed by atoms with Gasteiger partial charge in [0.2, 0.25) is 0 Å². The quantitative estimate of drug-likeness (QED) is 0.877. The van der Waals surface area contributed by atoms with Crippen molar-refractivity contribution < 1.29 is 14.7 Å². The number of carboxylic acids is 1. The van der Waals surface area contributed by atoms with Gasteiger partial charge in [-0.15, -0.1) is 0 Å². The van der Waals surface area contributed by atoms with Crippen LogP contribution in [0.5, 0.6) is 0 Å². The van der Waals surface area contributed by atoms with Gasteiger partial charge < -0.3 is 10.4 Å². The second-order valence-corrected chi connectivity index (χ2v) is 5.80. The fourth-order valence-corrected chi connectivity index (χ4v) is 1.74. The van der Waals surface area contributed by atoms with Gasteiger partial charge in [-0.1, -0.05) is 32.9 Å². The predicted molar refractivity (Wildman–Crippen MR) is 74.3 cm³/mol. The molecule has 0 aliphatic carbocycles. The van der Waals surface area contributed by atoms with Gasteiger partial charge in [-0.25, -0.2) is 0 Å². The highest BCUT2D eigenvalue weighted by Gasteiger charge is 2.15. The lowest BCUT2D eigenvalue weighted by atomic mass is 9.86. The second kappa shape index (κ2) is 5.87. The number of nitrogens with one attached hydrogen (secondary N) is 1. The predicted octanol–water partition coefficient (Wildman–Crippen LogP) is 2.58. The van der Waals surface area contributed by atoms with Crippen LogP contribution < -0.4 is 5.32 Å². The highest BCUT2D eigenvalue weighted by atomic mass is 16.4. The lowest BCUT2D eigenvalue weighted by Crippen LogP contribution is -2.34. The van der Waals surface area contributed by atoms with Crippen LogP contribution in [0, 0.1) is 0 Å². The Hall–Kier alpha value is -1.84. The van der Waals surface area contributed by atoms with Gasteiger partial charge in [0.25, 0.3) is 5.91 Å². The number of carboxylic acid groups (broad SMARTS) is 1. The zero-order valence-corrected chi connectivity index (χ0v) is 11.9. The van der Waals surface area contributed by atoms with E-state index >= 15 is 0 Å². The third kappa shape index (κ3) is 4.73. The van der Waals surface area contributed by atoms with Crippen LogP contribution in [-0.4, -0.2) is 23.0 Å². The van der Waals surface area contributed by atoms with Crippen LogP contribution in [0.3, 0.4) is 0 Å². The van der Waals surface area contributed by atoms with Gasteiger partial charge in [-0.3, -0.25) is 9.59 Å². The Morgan fingerprint density at radius 2 is 1.74 bits per heavy atom. The molecule has 0 radical (unpaired) electrons. The molecule has 104 valence electrons. The first kappa shape index (κ1) is 15.2. The standard InChI is InChI=1S/C15H21NO3/c1-10(9-13(17)18)16-14(19)11-5-7-12(8-6-11)15(2,3)4/h5-8,10H,9H2,1-4H3,(H,16,19)(H,17,18). The number of hydrogen-bond donors (Lipinski definition) is 2. The molecule has 0 heterocycles. The van der Waals surface area contributed by atoms with Crippen molar-refractivity contribution in [3.63, 3.8) is 0 Å². The number of carbonyl (C=O) groups is 2. The SMILES string of the molecule is CC(CC(=O)O)NC(=O)c1ccc(C(C)(C)C)cc1. The Labute approximate surface area is 113 Å². The third-order valence-electron chi connectivity index (χ3n) is 2.87. The van der Waals surface area contributed by atoms with E-state index in [0.717, 1.165) is 5.56 Å². The lowest BCUT2D eigenvalue weighted by molar-refractivity contribution is -0.137. The maximum absolute atomic E-state index is 11.9. The first-order valence-electron chi connectivity index (χ1n) is 6.33. The molecule has 2 N–H and O–H groups in total. The molecule has 4 nitrogen and oxygen atoms in total. The molecular formula is C15H21NO3. The second-order valence-electron chi connectivity index (χ2n) is 5.80.